The van der Waals surface area contributed by atoms with Crippen molar-refractivity contribution in [2.75, 3.05) is 18.5 Å². The summed E-state index contributed by atoms with van der Waals surface area (Å²) < 4.78 is 10.4. The minimum absolute atomic E-state index is 0.266. The lowest BCUT2D eigenvalue weighted by Crippen LogP contribution is -2.24. The van der Waals surface area contributed by atoms with Crippen LogP contribution in [0.4, 0.5) is 5.69 Å². The number of esters is 1. The van der Waals surface area contributed by atoms with Gasteiger partial charge in [0.25, 0.3) is 5.91 Å². The molecule has 1 amide bonds. The lowest BCUT2D eigenvalue weighted by atomic mass is 10.1. The molecule has 2 aromatic rings. The average Bonchev–Trinajstić information content (AvgIpc) is 3.12. The number of rotatable bonds is 6. The monoisotopic (exact) mass is 407 g/mol. The van der Waals surface area contributed by atoms with Crippen molar-refractivity contribution in [3.8, 4) is 5.75 Å². The molecular weight excluding hydrogens is 389 g/mol. The zero-order chi connectivity index (χ0) is 19.4. The van der Waals surface area contributed by atoms with Crippen LogP contribution >= 0.6 is 23.2 Å². The molecule has 7 heteroatoms. The van der Waals surface area contributed by atoms with Crippen LogP contribution in [0.1, 0.15) is 23.1 Å². The van der Waals surface area contributed by atoms with E-state index in [0.717, 1.165) is 24.8 Å². The maximum Gasteiger partial charge on any atom is 0.344 e. The third-order valence-corrected chi connectivity index (χ3v) is 5.14. The Morgan fingerprint density at radius 1 is 1.07 bits per heavy atom. The van der Waals surface area contributed by atoms with E-state index in [4.69, 9.17) is 32.7 Å². The van der Waals surface area contributed by atoms with E-state index in [1.54, 1.807) is 19.1 Å². The number of fused-ring (bicyclic) bond motifs is 1. The van der Waals surface area contributed by atoms with Gasteiger partial charge in [0.15, 0.2) is 13.2 Å². The van der Waals surface area contributed by atoms with Gasteiger partial charge >= 0.3 is 5.97 Å². The van der Waals surface area contributed by atoms with Gasteiger partial charge in [0, 0.05) is 0 Å². The first-order valence-electron chi connectivity index (χ1n) is 8.58. The van der Waals surface area contributed by atoms with Crippen molar-refractivity contribution in [3.63, 3.8) is 0 Å². The number of benzene rings is 2. The Hall–Kier alpha value is -2.24. The van der Waals surface area contributed by atoms with Crippen molar-refractivity contribution in [2.45, 2.75) is 26.2 Å². The van der Waals surface area contributed by atoms with Crippen molar-refractivity contribution in [1.82, 2.24) is 0 Å². The Morgan fingerprint density at radius 2 is 1.85 bits per heavy atom. The average molecular weight is 408 g/mol. The third-order valence-electron chi connectivity index (χ3n) is 4.34. The molecule has 0 atom stereocenters. The van der Waals surface area contributed by atoms with E-state index < -0.39 is 18.5 Å². The first kappa shape index (κ1) is 19.5. The van der Waals surface area contributed by atoms with Crippen LogP contribution in [-0.2, 0) is 27.2 Å². The predicted molar refractivity (Wildman–Crippen MR) is 105 cm³/mol. The molecular formula is C20H19Cl2NO4. The number of hydrogen-bond donors (Lipinski definition) is 1. The van der Waals surface area contributed by atoms with Crippen LogP contribution in [-0.4, -0.2) is 25.1 Å². The van der Waals surface area contributed by atoms with Crippen LogP contribution < -0.4 is 10.1 Å². The Balaban J connectivity index is 1.46. The van der Waals surface area contributed by atoms with E-state index in [1.807, 2.05) is 18.2 Å². The van der Waals surface area contributed by atoms with Crippen molar-refractivity contribution < 1.29 is 19.1 Å². The summed E-state index contributed by atoms with van der Waals surface area (Å²) in [6.45, 7) is 1.08. The first-order valence-corrected chi connectivity index (χ1v) is 9.34. The van der Waals surface area contributed by atoms with Crippen LogP contribution in [0.5, 0.6) is 5.75 Å². The van der Waals surface area contributed by atoms with Crippen LogP contribution in [0.2, 0.25) is 10.0 Å². The second-order valence-electron chi connectivity index (χ2n) is 6.33. The maximum atomic E-state index is 12.0. The molecule has 1 aliphatic carbocycles. The van der Waals surface area contributed by atoms with E-state index in [1.165, 1.54) is 11.1 Å². The number of anilines is 1. The summed E-state index contributed by atoms with van der Waals surface area (Å²) >= 11 is 12.2. The topological polar surface area (TPSA) is 64.6 Å². The molecule has 0 heterocycles. The SMILES string of the molecule is Cc1ccc(Cl)c(NC(=O)COC(=O)COc2ccc3c(c2)CCC3)c1Cl. The molecule has 0 saturated heterocycles. The minimum atomic E-state index is -0.632. The molecule has 0 radical (unpaired) electrons. The third kappa shape index (κ3) is 4.93. The fourth-order valence-electron chi connectivity index (χ4n) is 2.91. The first-order chi connectivity index (χ1) is 12.9. The van der Waals surface area contributed by atoms with E-state index >= 15 is 0 Å². The lowest BCUT2D eigenvalue weighted by Gasteiger charge is -2.12. The molecule has 3 rings (SSSR count). The lowest BCUT2D eigenvalue weighted by molar-refractivity contribution is -0.149. The highest BCUT2D eigenvalue weighted by atomic mass is 35.5. The standard InChI is InChI=1S/C20H19Cl2NO4/c1-12-5-8-16(21)20(19(12)22)23-17(24)10-27-18(25)11-26-15-7-6-13-3-2-4-14(13)9-15/h5-9H,2-4,10-11H2,1H3,(H,23,24). The molecule has 0 aromatic heterocycles. The number of halogens is 2. The summed E-state index contributed by atoms with van der Waals surface area (Å²) in [6.07, 6.45) is 3.26. The molecule has 142 valence electrons. The molecule has 5 nitrogen and oxygen atoms in total. The Kier molecular flexibility index (Phi) is 6.24. The molecule has 0 unspecified atom stereocenters. The van der Waals surface area contributed by atoms with Gasteiger partial charge in [-0.25, -0.2) is 4.79 Å². The van der Waals surface area contributed by atoms with E-state index in [2.05, 4.69) is 5.32 Å². The normalized spacial score (nSPS) is 12.4. The molecule has 1 aliphatic rings. The number of aryl methyl sites for hydroxylation is 3. The number of carbonyl (C=O) groups is 2. The van der Waals surface area contributed by atoms with Gasteiger partial charge in [0.1, 0.15) is 5.75 Å². The highest BCUT2D eigenvalue weighted by molar-refractivity contribution is 6.40. The fourth-order valence-corrected chi connectivity index (χ4v) is 3.38. The maximum absolute atomic E-state index is 12.0. The molecule has 1 N–H and O–H groups in total. The number of nitrogens with one attached hydrogen (secondary N) is 1. The fraction of sp³-hybridized carbons (Fsp3) is 0.300. The molecule has 27 heavy (non-hydrogen) atoms. The van der Waals surface area contributed by atoms with Crippen molar-refractivity contribution in [2.24, 2.45) is 0 Å². The Bertz CT molecular complexity index is 883. The summed E-state index contributed by atoms with van der Waals surface area (Å²) in [5.41, 5.74) is 3.66. The predicted octanol–water partition coefficient (Wildman–Crippen LogP) is 4.35. The van der Waals surface area contributed by atoms with Gasteiger partial charge in [-0.15, -0.1) is 0 Å². The summed E-state index contributed by atoms with van der Waals surface area (Å²) in [4.78, 5) is 23.8. The smallest absolute Gasteiger partial charge is 0.344 e. The Labute approximate surface area is 167 Å². The zero-order valence-electron chi connectivity index (χ0n) is 14.8. The van der Waals surface area contributed by atoms with Gasteiger partial charge < -0.3 is 14.8 Å². The largest absolute Gasteiger partial charge is 0.482 e. The van der Waals surface area contributed by atoms with Crippen LogP contribution in [0.15, 0.2) is 30.3 Å². The molecule has 0 aliphatic heterocycles. The molecule has 0 spiro atoms. The van der Waals surface area contributed by atoms with E-state index in [-0.39, 0.29) is 6.61 Å². The number of hydrogen-bond acceptors (Lipinski definition) is 4. The molecule has 2 aromatic carbocycles. The summed E-state index contributed by atoms with van der Waals surface area (Å²) in [7, 11) is 0. The van der Waals surface area contributed by atoms with Gasteiger partial charge in [-0.2, -0.15) is 0 Å². The number of ether oxygens (including phenoxy) is 2. The van der Waals surface area contributed by atoms with Gasteiger partial charge in [-0.1, -0.05) is 35.3 Å². The zero-order valence-corrected chi connectivity index (χ0v) is 16.3. The number of amides is 1. The van der Waals surface area contributed by atoms with Gasteiger partial charge in [0.2, 0.25) is 0 Å². The van der Waals surface area contributed by atoms with Gasteiger partial charge in [0.05, 0.1) is 15.7 Å². The quantitative estimate of drug-likeness (QED) is 0.722. The number of carbonyl (C=O) groups excluding carboxylic acids is 2. The molecule has 0 saturated carbocycles. The van der Waals surface area contributed by atoms with Crippen molar-refractivity contribution in [3.05, 3.63) is 57.1 Å². The van der Waals surface area contributed by atoms with Crippen LogP contribution in [0.3, 0.4) is 0 Å². The van der Waals surface area contributed by atoms with Crippen LogP contribution in [0, 0.1) is 6.92 Å². The second-order valence-corrected chi connectivity index (χ2v) is 7.12. The molecule has 0 fully saturated rings. The van der Waals surface area contributed by atoms with Gasteiger partial charge in [-0.05, 0) is 61.1 Å². The minimum Gasteiger partial charge on any atom is -0.482 e. The van der Waals surface area contributed by atoms with Gasteiger partial charge in [-0.3, -0.25) is 4.79 Å². The summed E-state index contributed by atoms with van der Waals surface area (Å²) in [6, 6.07) is 9.19. The highest BCUT2D eigenvalue weighted by Gasteiger charge is 2.15. The summed E-state index contributed by atoms with van der Waals surface area (Å²) in [5.74, 6) is -0.544. The highest BCUT2D eigenvalue weighted by Crippen LogP contribution is 2.32. The molecule has 0 bridgehead atoms. The Morgan fingerprint density at radius 3 is 2.67 bits per heavy atom. The van der Waals surface area contributed by atoms with E-state index in [0.29, 0.717) is 21.5 Å². The van der Waals surface area contributed by atoms with Crippen molar-refractivity contribution >= 4 is 40.8 Å². The summed E-state index contributed by atoms with van der Waals surface area (Å²) in [5, 5.41) is 3.22. The second kappa shape index (κ2) is 8.63. The van der Waals surface area contributed by atoms with Crippen LogP contribution in [0.25, 0.3) is 0 Å². The van der Waals surface area contributed by atoms with E-state index in [9.17, 15) is 9.59 Å². The van der Waals surface area contributed by atoms with Crippen molar-refractivity contribution in [1.29, 1.82) is 0 Å².